The van der Waals surface area contributed by atoms with Crippen molar-refractivity contribution >= 4 is 11.7 Å². The van der Waals surface area contributed by atoms with Gasteiger partial charge in [-0.3, -0.25) is 25.2 Å². The number of nitrogens with zero attached hydrogens (tertiary/aromatic N) is 2. The summed E-state index contributed by atoms with van der Waals surface area (Å²) in [4.78, 5) is 25.8. The average Bonchev–Trinajstić information content (AvgIpc) is 2.35. The zero-order valence-electron chi connectivity index (χ0n) is 11.8. The molecule has 7 heteroatoms. The smallest absolute Gasteiger partial charge is 0.320 e. The Kier molecular flexibility index (Phi) is 5.57. The highest BCUT2D eigenvalue weighted by molar-refractivity contribution is 5.73. The second-order valence-electron chi connectivity index (χ2n) is 4.68. The van der Waals surface area contributed by atoms with Gasteiger partial charge in [-0.1, -0.05) is 13.3 Å². The van der Waals surface area contributed by atoms with E-state index in [1.54, 1.807) is 13.8 Å². The summed E-state index contributed by atoms with van der Waals surface area (Å²) in [5.74, 6) is -0.925. The molecule has 110 valence electrons. The fourth-order valence-electron chi connectivity index (χ4n) is 2.05. The SMILES string of the molecule is CCCC(NCc1ncc(C)c([N+](=O)[O-])c1C)C(=O)O. The second kappa shape index (κ2) is 6.95. The van der Waals surface area contributed by atoms with Crippen LogP contribution in [0.5, 0.6) is 0 Å². The van der Waals surface area contributed by atoms with Gasteiger partial charge < -0.3 is 5.11 Å². The van der Waals surface area contributed by atoms with Gasteiger partial charge in [0.25, 0.3) is 5.69 Å². The third-order valence-electron chi connectivity index (χ3n) is 3.15. The van der Waals surface area contributed by atoms with E-state index < -0.39 is 16.9 Å². The number of aromatic nitrogens is 1. The van der Waals surface area contributed by atoms with Crippen molar-refractivity contribution in [2.45, 2.75) is 46.2 Å². The van der Waals surface area contributed by atoms with Crippen LogP contribution in [0.15, 0.2) is 6.20 Å². The minimum atomic E-state index is -0.925. The molecule has 0 saturated carbocycles. The second-order valence-corrected chi connectivity index (χ2v) is 4.68. The van der Waals surface area contributed by atoms with E-state index in [9.17, 15) is 14.9 Å². The van der Waals surface area contributed by atoms with Crippen LogP contribution in [0.3, 0.4) is 0 Å². The van der Waals surface area contributed by atoms with Crippen LogP contribution in [0.25, 0.3) is 0 Å². The van der Waals surface area contributed by atoms with Crippen molar-refractivity contribution in [2.24, 2.45) is 0 Å². The highest BCUT2D eigenvalue weighted by Crippen LogP contribution is 2.23. The molecular weight excluding hydrogens is 262 g/mol. The molecule has 1 heterocycles. The van der Waals surface area contributed by atoms with Crippen molar-refractivity contribution in [2.75, 3.05) is 0 Å². The van der Waals surface area contributed by atoms with E-state index in [4.69, 9.17) is 5.11 Å². The molecule has 0 amide bonds. The van der Waals surface area contributed by atoms with E-state index in [0.29, 0.717) is 23.2 Å². The lowest BCUT2D eigenvalue weighted by Crippen LogP contribution is -2.36. The number of nitrogens with one attached hydrogen (secondary N) is 1. The monoisotopic (exact) mass is 281 g/mol. The number of hydrogen-bond acceptors (Lipinski definition) is 5. The minimum absolute atomic E-state index is 0.0409. The summed E-state index contributed by atoms with van der Waals surface area (Å²) in [6, 6.07) is -0.665. The summed E-state index contributed by atoms with van der Waals surface area (Å²) in [5, 5.41) is 22.9. The summed E-state index contributed by atoms with van der Waals surface area (Å²) in [5.41, 5.74) is 1.52. The molecule has 1 unspecified atom stereocenters. The number of aryl methyl sites for hydroxylation is 1. The number of carboxylic acid groups (broad SMARTS) is 1. The maximum absolute atomic E-state index is 11.0. The highest BCUT2D eigenvalue weighted by atomic mass is 16.6. The maximum atomic E-state index is 11.0. The number of nitro groups is 1. The van der Waals surface area contributed by atoms with Gasteiger partial charge in [0.2, 0.25) is 0 Å². The predicted octanol–water partition coefficient (Wildman–Crippen LogP) is 1.95. The van der Waals surface area contributed by atoms with Crippen molar-refractivity contribution < 1.29 is 14.8 Å². The van der Waals surface area contributed by atoms with Gasteiger partial charge in [-0.15, -0.1) is 0 Å². The van der Waals surface area contributed by atoms with Crippen LogP contribution in [-0.4, -0.2) is 27.0 Å². The van der Waals surface area contributed by atoms with Gasteiger partial charge in [0, 0.05) is 23.9 Å². The molecule has 0 aromatic carbocycles. The Morgan fingerprint density at radius 1 is 1.55 bits per heavy atom. The lowest BCUT2D eigenvalue weighted by atomic mass is 10.1. The fraction of sp³-hybridized carbons (Fsp3) is 0.538. The molecule has 20 heavy (non-hydrogen) atoms. The highest BCUT2D eigenvalue weighted by Gasteiger charge is 2.20. The van der Waals surface area contributed by atoms with Crippen LogP contribution >= 0.6 is 0 Å². The van der Waals surface area contributed by atoms with E-state index >= 15 is 0 Å². The number of hydrogen-bond donors (Lipinski definition) is 2. The minimum Gasteiger partial charge on any atom is -0.480 e. The van der Waals surface area contributed by atoms with E-state index in [0.717, 1.165) is 6.42 Å². The van der Waals surface area contributed by atoms with Crippen LogP contribution in [-0.2, 0) is 11.3 Å². The zero-order chi connectivity index (χ0) is 15.3. The lowest BCUT2D eigenvalue weighted by molar-refractivity contribution is -0.386. The number of carboxylic acids is 1. The van der Waals surface area contributed by atoms with Gasteiger partial charge in [0.1, 0.15) is 6.04 Å². The van der Waals surface area contributed by atoms with Gasteiger partial charge in [-0.05, 0) is 20.3 Å². The molecule has 0 spiro atoms. The van der Waals surface area contributed by atoms with Crippen LogP contribution in [0.4, 0.5) is 5.69 Å². The molecule has 0 aliphatic heterocycles. The molecule has 0 aliphatic rings. The first-order chi connectivity index (χ1) is 9.38. The molecule has 0 bridgehead atoms. The van der Waals surface area contributed by atoms with Gasteiger partial charge in [0.05, 0.1) is 10.6 Å². The van der Waals surface area contributed by atoms with Gasteiger partial charge in [-0.25, -0.2) is 0 Å². The molecular formula is C13H19N3O4. The lowest BCUT2D eigenvalue weighted by Gasteiger charge is -2.14. The molecule has 7 nitrogen and oxygen atoms in total. The van der Waals surface area contributed by atoms with Gasteiger partial charge in [-0.2, -0.15) is 0 Å². The summed E-state index contributed by atoms with van der Waals surface area (Å²) >= 11 is 0. The third kappa shape index (κ3) is 3.74. The first-order valence-corrected chi connectivity index (χ1v) is 6.44. The number of aliphatic carboxylic acids is 1. The fourth-order valence-corrected chi connectivity index (χ4v) is 2.05. The summed E-state index contributed by atoms with van der Waals surface area (Å²) in [6.45, 7) is 5.36. The molecule has 1 rings (SSSR count). The van der Waals surface area contributed by atoms with Crippen molar-refractivity contribution in [1.29, 1.82) is 0 Å². The number of rotatable bonds is 7. The normalized spacial score (nSPS) is 12.2. The maximum Gasteiger partial charge on any atom is 0.320 e. The topological polar surface area (TPSA) is 105 Å². The Balaban J connectivity index is 2.91. The predicted molar refractivity (Wildman–Crippen MR) is 73.5 cm³/mol. The summed E-state index contributed by atoms with van der Waals surface area (Å²) < 4.78 is 0. The Bertz CT molecular complexity index is 517. The zero-order valence-corrected chi connectivity index (χ0v) is 11.8. The van der Waals surface area contributed by atoms with Gasteiger partial charge >= 0.3 is 5.97 Å². The Morgan fingerprint density at radius 2 is 2.20 bits per heavy atom. The van der Waals surface area contributed by atoms with E-state index in [1.807, 2.05) is 6.92 Å². The van der Waals surface area contributed by atoms with E-state index in [-0.39, 0.29) is 12.2 Å². The molecule has 0 fully saturated rings. The largest absolute Gasteiger partial charge is 0.480 e. The Labute approximate surface area is 117 Å². The van der Waals surface area contributed by atoms with Crippen molar-refractivity contribution in [3.05, 3.63) is 33.1 Å². The van der Waals surface area contributed by atoms with E-state index in [1.165, 1.54) is 6.20 Å². The van der Waals surface area contributed by atoms with E-state index in [2.05, 4.69) is 10.3 Å². The van der Waals surface area contributed by atoms with Crippen molar-refractivity contribution in [1.82, 2.24) is 10.3 Å². The van der Waals surface area contributed by atoms with Crippen molar-refractivity contribution in [3.63, 3.8) is 0 Å². The Morgan fingerprint density at radius 3 is 2.70 bits per heavy atom. The summed E-state index contributed by atoms with van der Waals surface area (Å²) in [6.07, 6.45) is 2.69. The molecule has 0 aliphatic carbocycles. The third-order valence-corrected chi connectivity index (χ3v) is 3.15. The molecule has 1 atom stereocenters. The summed E-state index contributed by atoms with van der Waals surface area (Å²) in [7, 11) is 0. The first kappa shape index (κ1) is 16.0. The molecule has 1 aromatic rings. The van der Waals surface area contributed by atoms with Crippen LogP contribution in [0.1, 0.15) is 36.6 Å². The van der Waals surface area contributed by atoms with Gasteiger partial charge in [0.15, 0.2) is 0 Å². The average molecular weight is 281 g/mol. The standard InChI is InChI=1S/C13H19N3O4/c1-4-5-10(13(17)18)15-7-11-9(3)12(16(19)20)8(2)6-14-11/h6,10,15H,4-5,7H2,1-3H3,(H,17,18). The number of pyridine rings is 1. The molecule has 1 aromatic heterocycles. The Hall–Kier alpha value is -2.02. The molecule has 0 radical (unpaired) electrons. The molecule has 0 saturated heterocycles. The quantitative estimate of drug-likeness (QED) is 0.584. The van der Waals surface area contributed by atoms with Crippen molar-refractivity contribution in [3.8, 4) is 0 Å². The first-order valence-electron chi connectivity index (χ1n) is 6.44. The van der Waals surface area contributed by atoms with Crippen LogP contribution < -0.4 is 5.32 Å². The number of carbonyl (C=O) groups is 1. The van der Waals surface area contributed by atoms with Crippen LogP contribution in [0, 0.1) is 24.0 Å². The molecule has 2 N–H and O–H groups in total. The van der Waals surface area contributed by atoms with Crippen LogP contribution in [0.2, 0.25) is 0 Å².